The maximum atomic E-state index is 10.7. The predicted octanol–water partition coefficient (Wildman–Crippen LogP) is 1.15. The van der Waals surface area contributed by atoms with Crippen LogP contribution in [0.2, 0.25) is 0 Å². The van der Waals surface area contributed by atoms with Crippen molar-refractivity contribution >= 4 is 11.4 Å². The zero-order chi connectivity index (χ0) is 10.7. The average molecular weight is 196 g/mol. The van der Waals surface area contributed by atoms with E-state index in [2.05, 4.69) is 0 Å². The van der Waals surface area contributed by atoms with Crippen LogP contribution >= 0.6 is 0 Å². The summed E-state index contributed by atoms with van der Waals surface area (Å²) in [4.78, 5) is 11.9. The molecule has 14 heavy (non-hydrogen) atoms. The van der Waals surface area contributed by atoms with Gasteiger partial charge in [-0.1, -0.05) is 6.07 Å². The zero-order valence-corrected chi connectivity index (χ0v) is 8.10. The zero-order valence-electron chi connectivity index (χ0n) is 8.10. The van der Waals surface area contributed by atoms with E-state index in [4.69, 9.17) is 5.11 Å². The molecule has 0 fully saturated rings. The fraction of sp³-hybridized carbons (Fsp3) is 0.333. The van der Waals surface area contributed by atoms with Crippen molar-refractivity contribution in [1.82, 2.24) is 0 Å². The van der Waals surface area contributed by atoms with Crippen molar-refractivity contribution in [1.29, 1.82) is 0 Å². The van der Waals surface area contributed by atoms with Crippen molar-refractivity contribution in [2.75, 3.05) is 19.0 Å². The van der Waals surface area contributed by atoms with Crippen molar-refractivity contribution in [3.63, 3.8) is 0 Å². The van der Waals surface area contributed by atoms with E-state index in [1.807, 2.05) is 0 Å². The molecule has 0 aliphatic rings. The number of nitrogens with zero attached hydrogens (tertiary/aromatic N) is 2. The van der Waals surface area contributed by atoms with Gasteiger partial charge in [0.2, 0.25) is 0 Å². The first kappa shape index (κ1) is 10.5. The Morgan fingerprint density at radius 1 is 1.50 bits per heavy atom. The van der Waals surface area contributed by atoms with Gasteiger partial charge in [0, 0.05) is 20.2 Å². The van der Waals surface area contributed by atoms with E-state index < -0.39 is 4.92 Å². The summed E-state index contributed by atoms with van der Waals surface area (Å²) in [5, 5.41) is 19.5. The van der Waals surface area contributed by atoms with Crippen LogP contribution in [0.4, 0.5) is 11.4 Å². The van der Waals surface area contributed by atoms with Crippen molar-refractivity contribution in [3.8, 4) is 0 Å². The molecule has 5 heteroatoms. The van der Waals surface area contributed by atoms with Gasteiger partial charge in [-0.15, -0.1) is 0 Å². The molecular formula is C9H12N2O3. The van der Waals surface area contributed by atoms with Crippen LogP contribution in [0, 0.1) is 10.1 Å². The third-order valence-electron chi connectivity index (χ3n) is 1.90. The molecule has 0 saturated heterocycles. The summed E-state index contributed by atoms with van der Waals surface area (Å²) in [5.74, 6) is 0. The lowest BCUT2D eigenvalue weighted by atomic mass is 10.2. The molecule has 0 aliphatic heterocycles. The van der Waals surface area contributed by atoms with Gasteiger partial charge < -0.3 is 10.0 Å². The van der Waals surface area contributed by atoms with Crippen LogP contribution in [0.5, 0.6) is 0 Å². The van der Waals surface area contributed by atoms with Gasteiger partial charge in [-0.25, -0.2) is 0 Å². The number of aliphatic hydroxyl groups excluding tert-OH is 1. The van der Waals surface area contributed by atoms with Gasteiger partial charge in [-0.3, -0.25) is 10.1 Å². The lowest BCUT2D eigenvalue weighted by Gasteiger charge is -2.12. The normalized spacial score (nSPS) is 9.93. The fourth-order valence-corrected chi connectivity index (χ4v) is 1.19. The number of benzene rings is 1. The molecule has 1 aromatic rings. The Morgan fingerprint density at radius 3 is 2.57 bits per heavy atom. The minimum Gasteiger partial charge on any atom is -0.392 e. The highest BCUT2D eigenvalue weighted by atomic mass is 16.6. The minimum absolute atomic E-state index is 0.0153. The first-order valence-electron chi connectivity index (χ1n) is 4.11. The summed E-state index contributed by atoms with van der Waals surface area (Å²) in [6, 6.07) is 4.68. The Hall–Kier alpha value is -1.62. The number of rotatable bonds is 3. The second-order valence-corrected chi connectivity index (χ2v) is 3.13. The number of nitro benzene ring substituents is 1. The van der Waals surface area contributed by atoms with Gasteiger partial charge in [0.25, 0.3) is 5.69 Å². The summed E-state index contributed by atoms with van der Waals surface area (Å²) >= 11 is 0. The number of anilines is 1. The highest BCUT2D eigenvalue weighted by Gasteiger charge is 2.15. The first-order chi connectivity index (χ1) is 6.56. The van der Waals surface area contributed by atoms with Gasteiger partial charge in [0.15, 0.2) is 0 Å². The Kier molecular flexibility index (Phi) is 3.03. The fourth-order valence-electron chi connectivity index (χ4n) is 1.19. The van der Waals surface area contributed by atoms with Crippen molar-refractivity contribution < 1.29 is 10.0 Å². The van der Waals surface area contributed by atoms with Crippen molar-refractivity contribution in [2.24, 2.45) is 0 Å². The lowest BCUT2D eigenvalue weighted by Crippen LogP contribution is -2.11. The molecule has 0 heterocycles. The number of hydrogen-bond acceptors (Lipinski definition) is 4. The second-order valence-electron chi connectivity index (χ2n) is 3.13. The van der Waals surface area contributed by atoms with Crippen LogP contribution in [0.25, 0.3) is 0 Å². The molecule has 5 nitrogen and oxygen atoms in total. The van der Waals surface area contributed by atoms with E-state index in [-0.39, 0.29) is 12.3 Å². The molecular weight excluding hydrogens is 184 g/mol. The van der Waals surface area contributed by atoms with Crippen LogP contribution in [0.15, 0.2) is 18.2 Å². The van der Waals surface area contributed by atoms with E-state index >= 15 is 0 Å². The average Bonchev–Trinajstić information content (AvgIpc) is 2.16. The Balaban J connectivity index is 3.24. The van der Waals surface area contributed by atoms with E-state index in [1.165, 1.54) is 6.07 Å². The summed E-state index contributed by atoms with van der Waals surface area (Å²) in [7, 11) is 3.47. The minimum atomic E-state index is -0.450. The van der Waals surface area contributed by atoms with Gasteiger partial charge >= 0.3 is 0 Å². The summed E-state index contributed by atoms with van der Waals surface area (Å²) in [5.41, 5.74) is 1.09. The third kappa shape index (κ3) is 2.00. The van der Waals surface area contributed by atoms with Crippen LogP contribution in [-0.4, -0.2) is 24.1 Å². The highest BCUT2D eigenvalue weighted by molar-refractivity contribution is 5.63. The molecule has 0 atom stereocenters. The molecule has 76 valence electrons. The molecule has 1 aromatic carbocycles. The molecule has 0 saturated carbocycles. The maximum absolute atomic E-state index is 10.7. The highest BCUT2D eigenvalue weighted by Crippen LogP contribution is 2.27. The smallest absolute Gasteiger partial charge is 0.292 e. The second kappa shape index (κ2) is 4.06. The summed E-state index contributed by atoms with van der Waals surface area (Å²) < 4.78 is 0. The molecule has 0 unspecified atom stereocenters. The van der Waals surface area contributed by atoms with Gasteiger partial charge in [0.05, 0.1) is 11.5 Å². The molecule has 0 aliphatic carbocycles. The summed E-state index contributed by atoms with van der Waals surface area (Å²) in [6.07, 6.45) is 0. The van der Waals surface area contributed by atoms with Crippen LogP contribution in [0.3, 0.4) is 0 Å². The molecule has 0 spiro atoms. The van der Waals surface area contributed by atoms with E-state index in [0.717, 1.165) is 0 Å². The van der Waals surface area contributed by atoms with Crippen molar-refractivity contribution in [2.45, 2.75) is 6.61 Å². The predicted molar refractivity (Wildman–Crippen MR) is 53.3 cm³/mol. The number of nitro groups is 1. The van der Waals surface area contributed by atoms with E-state index in [1.54, 1.807) is 31.1 Å². The summed E-state index contributed by atoms with van der Waals surface area (Å²) in [6.45, 7) is -0.186. The molecule has 0 radical (unpaired) electrons. The molecule has 0 aromatic heterocycles. The van der Waals surface area contributed by atoms with Gasteiger partial charge in [0.1, 0.15) is 5.69 Å². The Labute approximate surface area is 81.7 Å². The quantitative estimate of drug-likeness (QED) is 0.581. The third-order valence-corrected chi connectivity index (χ3v) is 1.90. The topological polar surface area (TPSA) is 66.6 Å². The van der Waals surface area contributed by atoms with Gasteiger partial charge in [-0.2, -0.15) is 0 Å². The van der Waals surface area contributed by atoms with Crippen LogP contribution in [0.1, 0.15) is 5.56 Å². The monoisotopic (exact) mass is 196 g/mol. The van der Waals surface area contributed by atoms with E-state index in [0.29, 0.717) is 11.3 Å². The van der Waals surface area contributed by atoms with Crippen molar-refractivity contribution in [3.05, 3.63) is 33.9 Å². The lowest BCUT2D eigenvalue weighted by molar-refractivity contribution is -0.384. The Bertz CT molecular complexity index is 350. The largest absolute Gasteiger partial charge is 0.392 e. The molecule has 0 bridgehead atoms. The van der Waals surface area contributed by atoms with E-state index in [9.17, 15) is 10.1 Å². The standard InChI is InChI=1S/C9H12N2O3/c1-10(2)8-4-3-7(6-12)5-9(8)11(13)14/h3-5,12H,6H2,1-2H3. The maximum Gasteiger partial charge on any atom is 0.292 e. The SMILES string of the molecule is CN(C)c1ccc(CO)cc1[N+](=O)[O-]. The van der Waals surface area contributed by atoms with Crippen LogP contribution < -0.4 is 4.90 Å². The Morgan fingerprint density at radius 2 is 2.14 bits per heavy atom. The molecule has 1 rings (SSSR count). The number of hydrogen-bond donors (Lipinski definition) is 1. The van der Waals surface area contributed by atoms with Crippen LogP contribution in [-0.2, 0) is 6.61 Å². The number of aliphatic hydroxyl groups is 1. The van der Waals surface area contributed by atoms with Gasteiger partial charge in [-0.05, 0) is 11.6 Å². The first-order valence-corrected chi connectivity index (χ1v) is 4.11. The molecule has 1 N–H and O–H groups in total. The molecule has 0 amide bonds.